The number of urea groups is 1. The highest BCUT2D eigenvalue weighted by molar-refractivity contribution is 5.74. The zero-order valence-corrected chi connectivity index (χ0v) is 18.2. The molecule has 0 spiro atoms. The maximum atomic E-state index is 12.3. The van der Waals surface area contributed by atoms with Crippen molar-refractivity contribution in [2.24, 2.45) is 0 Å². The van der Waals surface area contributed by atoms with E-state index < -0.39 is 0 Å². The molecule has 1 aromatic heterocycles. The molecule has 0 radical (unpaired) electrons. The number of anilines is 1. The van der Waals surface area contributed by atoms with Crippen molar-refractivity contribution >= 4 is 11.8 Å². The Morgan fingerprint density at radius 3 is 2.34 bits per heavy atom. The summed E-state index contributed by atoms with van der Waals surface area (Å²) in [7, 11) is 0. The summed E-state index contributed by atoms with van der Waals surface area (Å²) in [5.41, 5.74) is 4.50. The van der Waals surface area contributed by atoms with E-state index in [0.29, 0.717) is 13.1 Å². The van der Waals surface area contributed by atoms with Crippen molar-refractivity contribution in [3.8, 4) is 11.4 Å². The summed E-state index contributed by atoms with van der Waals surface area (Å²) in [5.74, 6) is 1.79. The lowest BCUT2D eigenvalue weighted by Crippen LogP contribution is -2.52. The van der Waals surface area contributed by atoms with Crippen LogP contribution in [0.4, 0.5) is 10.6 Å². The summed E-state index contributed by atoms with van der Waals surface area (Å²) in [6.07, 6.45) is 3.00. The molecule has 0 saturated carbocycles. The first kappa shape index (κ1) is 21.1. The molecule has 156 valence electrons. The Kier molecular flexibility index (Phi) is 7.07. The van der Waals surface area contributed by atoms with E-state index in [1.165, 1.54) is 11.1 Å². The highest BCUT2D eigenvalue weighted by atomic mass is 16.2. The molecule has 1 N–H and O–H groups in total. The van der Waals surface area contributed by atoms with Gasteiger partial charge in [0, 0.05) is 49.5 Å². The standard InChI is InChI=1S/C23H33N5O/c1-5-7-12-24-23(29)28-15-13-27(14-16-28)22-20(6-2)18(4)25-21(26-22)19-10-8-17(3)9-11-19/h8-11H,5-7,12-16H2,1-4H3,(H,24,29). The Hall–Kier alpha value is -2.63. The molecule has 1 saturated heterocycles. The van der Waals surface area contributed by atoms with Gasteiger partial charge in [0.25, 0.3) is 0 Å². The Morgan fingerprint density at radius 2 is 1.72 bits per heavy atom. The van der Waals surface area contributed by atoms with Crippen LogP contribution >= 0.6 is 0 Å². The van der Waals surface area contributed by atoms with Crippen molar-refractivity contribution in [2.45, 2.75) is 47.0 Å². The smallest absolute Gasteiger partial charge is 0.317 e. The molecular weight excluding hydrogens is 362 g/mol. The number of hydrogen-bond acceptors (Lipinski definition) is 4. The summed E-state index contributed by atoms with van der Waals surface area (Å²) in [6.45, 7) is 12.2. The van der Waals surface area contributed by atoms with Crippen molar-refractivity contribution in [3.05, 3.63) is 41.1 Å². The summed E-state index contributed by atoms with van der Waals surface area (Å²) < 4.78 is 0. The second-order valence-corrected chi connectivity index (χ2v) is 7.71. The van der Waals surface area contributed by atoms with Crippen LogP contribution in [0.15, 0.2) is 24.3 Å². The van der Waals surface area contributed by atoms with Crippen molar-refractivity contribution < 1.29 is 4.79 Å². The van der Waals surface area contributed by atoms with Gasteiger partial charge in [-0.1, -0.05) is 50.1 Å². The van der Waals surface area contributed by atoms with E-state index in [1.807, 2.05) is 4.90 Å². The van der Waals surface area contributed by atoms with Gasteiger partial charge in [0.2, 0.25) is 0 Å². The molecule has 3 rings (SSSR count). The monoisotopic (exact) mass is 395 g/mol. The second-order valence-electron chi connectivity index (χ2n) is 7.71. The predicted molar refractivity (Wildman–Crippen MR) is 118 cm³/mol. The summed E-state index contributed by atoms with van der Waals surface area (Å²) >= 11 is 0. The molecule has 2 aromatic rings. The summed E-state index contributed by atoms with van der Waals surface area (Å²) in [6, 6.07) is 8.40. The van der Waals surface area contributed by atoms with Gasteiger partial charge in [-0.3, -0.25) is 0 Å². The molecule has 1 aliphatic heterocycles. The van der Waals surface area contributed by atoms with Gasteiger partial charge in [-0.2, -0.15) is 0 Å². The SMILES string of the molecule is CCCCNC(=O)N1CCN(c2nc(-c3ccc(C)cc3)nc(C)c2CC)CC1. The van der Waals surface area contributed by atoms with Crippen LogP contribution in [0.25, 0.3) is 11.4 Å². The lowest BCUT2D eigenvalue weighted by Gasteiger charge is -2.36. The van der Waals surface area contributed by atoms with Gasteiger partial charge in [-0.05, 0) is 26.7 Å². The van der Waals surface area contributed by atoms with Gasteiger partial charge in [-0.25, -0.2) is 14.8 Å². The fraction of sp³-hybridized carbons (Fsp3) is 0.522. The first-order valence-electron chi connectivity index (χ1n) is 10.8. The van der Waals surface area contributed by atoms with E-state index in [0.717, 1.165) is 61.8 Å². The molecule has 0 unspecified atom stereocenters. The van der Waals surface area contributed by atoms with Gasteiger partial charge in [-0.15, -0.1) is 0 Å². The van der Waals surface area contributed by atoms with Crippen LogP contribution in [0.3, 0.4) is 0 Å². The number of benzene rings is 1. The number of rotatable bonds is 6. The van der Waals surface area contributed by atoms with Gasteiger partial charge in [0.15, 0.2) is 5.82 Å². The molecule has 6 nitrogen and oxygen atoms in total. The molecule has 2 amide bonds. The molecule has 0 atom stereocenters. The van der Waals surface area contributed by atoms with Gasteiger partial charge >= 0.3 is 6.03 Å². The Bertz CT molecular complexity index is 826. The minimum absolute atomic E-state index is 0.0491. The average molecular weight is 396 g/mol. The van der Waals surface area contributed by atoms with Crippen LogP contribution in [-0.2, 0) is 6.42 Å². The normalized spacial score (nSPS) is 14.2. The van der Waals surface area contributed by atoms with E-state index in [2.05, 4.69) is 62.2 Å². The average Bonchev–Trinajstić information content (AvgIpc) is 2.74. The van der Waals surface area contributed by atoms with E-state index in [4.69, 9.17) is 9.97 Å². The third kappa shape index (κ3) is 5.05. The molecular formula is C23H33N5O. The van der Waals surface area contributed by atoms with Crippen molar-refractivity contribution in [2.75, 3.05) is 37.6 Å². The Labute approximate surface area is 174 Å². The van der Waals surface area contributed by atoms with Crippen molar-refractivity contribution in [3.63, 3.8) is 0 Å². The van der Waals surface area contributed by atoms with Crippen molar-refractivity contribution in [1.82, 2.24) is 20.2 Å². The number of hydrogen-bond donors (Lipinski definition) is 1. The largest absolute Gasteiger partial charge is 0.353 e. The number of carbonyl (C=O) groups excluding carboxylic acids is 1. The molecule has 0 bridgehead atoms. The molecule has 1 fully saturated rings. The molecule has 1 aromatic carbocycles. The maximum Gasteiger partial charge on any atom is 0.317 e. The van der Waals surface area contributed by atoms with Crippen LogP contribution in [0, 0.1) is 13.8 Å². The van der Waals surface area contributed by atoms with E-state index in [9.17, 15) is 4.79 Å². The number of amides is 2. The minimum Gasteiger partial charge on any atom is -0.353 e. The zero-order chi connectivity index (χ0) is 20.8. The quantitative estimate of drug-likeness (QED) is 0.752. The second kappa shape index (κ2) is 9.72. The topological polar surface area (TPSA) is 61.4 Å². The third-order valence-electron chi connectivity index (χ3n) is 5.53. The van der Waals surface area contributed by atoms with Crippen LogP contribution in [0.2, 0.25) is 0 Å². The lowest BCUT2D eigenvalue weighted by atomic mass is 10.1. The number of unbranched alkanes of at least 4 members (excludes halogenated alkanes) is 1. The minimum atomic E-state index is 0.0491. The molecule has 29 heavy (non-hydrogen) atoms. The van der Waals surface area contributed by atoms with Gasteiger partial charge in [0.05, 0.1) is 0 Å². The van der Waals surface area contributed by atoms with Gasteiger partial charge in [0.1, 0.15) is 5.82 Å². The summed E-state index contributed by atoms with van der Waals surface area (Å²) in [4.78, 5) is 26.3. The van der Waals surface area contributed by atoms with Crippen molar-refractivity contribution in [1.29, 1.82) is 0 Å². The number of nitrogens with one attached hydrogen (secondary N) is 1. The number of carbonyl (C=O) groups is 1. The first-order valence-corrected chi connectivity index (χ1v) is 10.8. The lowest BCUT2D eigenvalue weighted by molar-refractivity contribution is 0.194. The predicted octanol–water partition coefficient (Wildman–Crippen LogP) is 3.95. The van der Waals surface area contributed by atoms with Gasteiger partial charge < -0.3 is 15.1 Å². The number of nitrogens with zero attached hydrogens (tertiary/aromatic N) is 4. The summed E-state index contributed by atoms with van der Waals surface area (Å²) in [5, 5.41) is 3.02. The fourth-order valence-electron chi connectivity index (χ4n) is 3.69. The molecule has 0 aliphatic carbocycles. The Balaban J connectivity index is 1.76. The number of aryl methyl sites for hydroxylation is 2. The fourth-order valence-corrected chi connectivity index (χ4v) is 3.69. The molecule has 1 aliphatic rings. The van der Waals surface area contributed by atoms with Crippen LogP contribution in [0.5, 0.6) is 0 Å². The number of piperazine rings is 1. The maximum absolute atomic E-state index is 12.3. The van der Waals surface area contributed by atoms with E-state index in [1.54, 1.807) is 0 Å². The number of aromatic nitrogens is 2. The van der Waals surface area contributed by atoms with E-state index >= 15 is 0 Å². The highest BCUT2D eigenvalue weighted by Crippen LogP contribution is 2.26. The third-order valence-corrected chi connectivity index (χ3v) is 5.53. The van der Waals surface area contributed by atoms with Crippen LogP contribution in [-0.4, -0.2) is 53.6 Å². The molecule has 2 heterocycles. The zero-order valence-electron chi connectivity index (χ0n) is 18.2. The highest BCUT2D eigenvalue weighted by Gasteiger charge is 2.24. The van der Waals surface area contributed by atoms with Crippen LogP contribution < -0.4 is 10.2 Å². The Morgan fingerprint density at radius 1 is 1.03 bits per heavy atom. The van der Waals surface area contributed by atoms with E-state index in [-0.39, 0.29) is 6.03 Å². The van der Waals surface area contributed by atoms with Crippen LogP contribution in [0.1, 0.15) is 43.5 Å². The first-order chi connectivity index (χ1) is 14.0. The molecule has 6 heteroatoms.